The number of amides is 3. The maximum Gasteiger partial charge on any atom is 0.315 e. The lowest BCUT2D eigenvalue weighted by atomic mass is 9.53. The number of ether oxygens (including phenoxy) is 2. The quantitative estimate of drug-likeness (QED) is 0.162. The van der Waals surface area contributed by atoms with Crippen molar-refractivity contribution in [3.63, 3.8) is 0 Å². The molecule has 0 unspecified atom stereocenters. The summed E-state index contributed by atoms with van der Waals surface area (Å²) in [4.78, 5) is 29.7. The zero-order valence-corrected chi connectivity index (χ0v) is 36.3. The lowest BCUT2D eigenvalue weighted by Gasteiger charge is -2.56. The molecule has 3 aromatic rings. The summed E-state index contributed by atoms with van der Waals surface area (Å²) in [6.07, 6.45) is 13.3. The van der Waals surface area contributed by atoms with Crippen LogP contribution in [0.1, 0.15) is 139 Å². The Kier molecular flexibility index (Phi) is 11.9. The van der Waals surface area contributed by atoms with Gasteiger partial charge in [0.25, 0.3) is 0 Å². The second kappa shape index (κ2) is 17.2. The molecule has 2 saturated heterocycles. The Morgan fingerprint density at radius 1 is 0.800 bits per heavy atom. The minimum atomic E-state index is -0.598. The zero-order valence-electron chi connectivity index (χ0n) is 36.3. The summed E-state index contributed by atoms with van der Waals surface area (Å²) in [6, 6.07) is 25.1. The monoisotopic (exact) mass is 817 g/mol. The van der Waals surface area contributed by atoms with Crippen LogP contribution in [0.5, 0.6) is 0 Å². The van der Waals surface area contributed by atoms with E-state index in [2.05, 4.69) is 109 Å². The smallest absolute Gasteiger partial charge is 0.315 e. The highest BCUT2D eigenvalue weighted by molar-refractivity contribution is 5.82. The summed E-state index contributed by atoms with van der Waals surface area (Å²) >= 11 is 0. The van der Waals surface area contributed by atoms with E-state index in [0.717, 1.165) is 89.7 Å². The maximum absolute atomic E-state index is 13.9. The molecule has 60 heavy (non-hydrogen) atoms. The van der Waals surface area contributed by atoms with E-state index in [-0.39, 0.29) is 53.8 Å². The van der Waals surface area contributed by atoms with Crippen LogP contribution in [-0.4, -0.2) is 57.8 Å². The number of likely N-dealkylation sites (tertiary alicyclic amines) is 1. The average molecular weight is 817 g/mol. The van der Waals surface area contributed by atoms with Gasteiger partial charge in [-0.25, -0.2) is 4.79 Å². The van der Waals surface area contributed by atoms with Gasteiger partial charge in [-0.3, -0.25) is 9.69 Å². The highest BCUT2D eigenvalue weighted by Crippen LogP contribution is 2.55. The van der Waals surface area contributed by atoms with E-state index >= 15 is 0 Å². The number of hydrogen-bond donors (Lipinski definition) is 4. The summed E-state index contributed by atoms with van der Waals surface area (Å²) < 4.78 is 13.9. The molecule has 9 nitrogen and oxygen atoms in total. The first-order chi connectivity index (χ1) is 28.9. The Labute approximate surface area is 357 Å². The van der Waals surface area contributed by atoms with E-state index in [1.54, 1.807) is 0 Å². The molecular formula is C51H68N4O5. The number of aliphatic hydroxyl groups is 1. The third-order valence-electron chi connectivity index (χ3n) is 15.1. The molecule has 322 valence electrons. The third kappa shape index (κ3) is 9.06. The average Bonchev–Trinajstić information content (AvgIpc) is 3.22. The van der Waals surface area contributed by atoms with Crippen LogP contribution in [0.25, 0.3) is 11.1 Å². The first-order valence-electron chi connectivity index (χ1n) is 23.2. The van der Waals surface area contributed by atoms with Crippen molar-refractivity contribution in [2.75, 3.05) is 6.54 Å². The number of hydrogen-bond acceptors (Lipinski definition) is 6. The van der Waals surface area contributed by atoms with Crippen molar-refractivity contribution in [1.82, 2.24) is 20.9 Å². The molecule has 9 heteroatoms. The number of aliphatic hydroxyl groups excluding tert-OH is 1. The molecule has 5 aliphatic carbocycles. The molecule has 2 aliphatic heterocycles. The number of carbonyl (C=O) groups excluding carboxylic acids is 2. The van der Waals surface area contributed by atoms with Crippen LogP contribution >= 0.6 is 0 Å². The Morgan fingerprint density at radius 2 is 1.48 bits per heavy atom. The third-order valence-corrected chi connectivity index (χ3v) is 15.1. The van der Waals surface area contributed by atoms with Gasteiger partial charge in [0, 0.05) is 41.7 Å². The number of carbonyl (C=O) groups is 2. The molecular weight excluding hydrogens is 749 g/mol. The van der Waals surface area contributed by atoms with Crippen LogP contribution in [0.2, 0.25) is 0 Å². The van der Waals surface area contributed by atoms with E-state index in [1.165, 1.54) is 38.5 Å². The molecule has 7 fully saturated rings. The molecule has 3 amide bonds. The number of fused-ring (bicyclic) bond motifs is 1. The number of piperidine rings is 1. The van der Waals surface area contributed by atoms with Crippen LogP contribution < -0.4 is 16.0 Å². The van der Waals surface area contributed by atoms with Crippen LogP contribution in [0.15, 0.2) is 72.8 Å². The number of nitrogens with one attached hydrogen (secondary N) is 3. The van der Waals surface area contributed by atoms with Gasteiger partial charge < -0.3 is 30.5 Å². The minimum Gasteiger partial charge on any atom is -0.392 e. The Balaban J connectivity index is 0.913. The summed E-state index contributed by atoms with van der Waals surface area (Å²) in [5.41, 5.74) is 5.80. The molecule has 0 aromatic heterocycles. The zero-order chi connectivity index (χ0) is 41.6. The molecule has 10 rings (SSSR count). The van der Waals surface area contributed by atoms with Crippen LogP contribution in [0.4, 0.5) is 4.79 Å². The summed E-state index contributed by atoms with van der Waals surface area (Å²) in [7, 11) is 0. The molecule has 2 heterocycles. The van der Waals surface area contributed by atoms with Gasteiger partial charge in [0.05, 0.1) is 24.9 Å². The first-order valence-corrected chi connectivity index (χ1v) is 23.2. The predicted molar refractivity (Wildman–Crippen MR) is 234 cm³/mol. The van der Waals surface area contributed by atoms with Gasteiger partial charge in [-0.15, -0.1) is 0 Å². The Morgan fingerprint density at radius 3 is 2.17 bits per heavy atom. The van der Waals surface area contributed by atoms with E-state index in [1.807, 2.05) is 12.1 Å². The predicted octanol–water partition coefficient (Wildman–Crippen LogP) is 9.34. The van der Waals surface area contributed by atoms with Crippen molar-refractivity contribution >= 4 is 11.9 Å². The van der Waals surface area contributed by atoms with Crippen molar-refractivity contribution in [1.29, 1.82) is 0 Å². The van der Waals surface area contributed by atoms with Crippen molar-refractivity contribution in [3.8, 4) is 11.1 Å². The van der Waals surface area contributed by atoms with Gasteiger partial charge >= 0.3 is 6.03 Å². The number of nitrogens with zero attached hydrogens (tertiary/aromatic N) is 1. The molecule has 0 radical (unpaired) electrons. The summed E-state index contributed by atoms with van der Waals surface area (Å²) in [6.45, 7) is 9.53. The Bertz CT molecular complexity index is 1940. The number of rotatable bonds is 10. The normalized spacial score (nSPS) is 33.8. The fourth-order valence-corrected chi connectivity index (χ4v) is 12.7. The molecule has 0 spiro atoms. The van der Waals surface area contributed by atoms with Crippen molar-refractivity contribution in [3.05, 3.63) is 95.1 Å². The highest BCUT2D eigenvalue weighted by atomic mass is 16.7. The minimum absolute atomic E-state index is 0.00593. The van der Waals surface area contributed by atoms with Gasteiger partial charge in [0.2, 0.25) is 5.91 Å². The number of benzene rings is 3. The van der Waals surface area contributed by atoms with E-state index in [0.29, 0.717) is 25.0 Å². The van der Waals surface area contributed by atoms with E-state index in [4.69, 9.17) is 9.47 Å². The van der Waals surface area contributed by atoms with E-state index in [9.17, 15) is 14.7 Å². The second-order valence-corrected chi connectivity index (χ2v) is 20.8. The lowest BCUT2D eigenvalue weighted by molar-refractivity contribution is -0.278. The van der Waals surface area contributed by atoms with Crippen LogP contribution in [0.3, 0.4) is 0 Å². The fourth-order valence-electron chi connectivity index (χ4n) is 12.7. The van der Waals surface area contributed by atoms with Crippen LogP contribution in [0, 0.1) is 29.6 Å². The fraction of sp³-hybridized carbons (Fsp3) is 0.608. The highest BCUT2D eigenvalue weighted by Gasteiger charge is 2.52. The van der Waals surface area contributed by atoms with Crippen LogP contribution in [-0.2, 0) is 27.4 Å². The second-order valence-electron chi connectivity index (χ2n) is 20.8. The topological polar surface area (TPSA) is 112 Å². The van der Waals surface area contributed by atoms with Crippen molar-refractivity contribution in [2.24, 2.45) is 29.6 Å². The van der Waals surface area contributed by atoms with Gasteiger partial charge in [-0.1, -0.05) is 86.5 Å². The number of urea groups is 1. The van der Waals surface area contributed by atoms with Gasteiger partial charge in [0.1, 0.15) is 0 Å². The molecule has 3 aromatic carbocycles. The molecule has 4 N–H and O–H groups in total. The maximum atomic E-state index is 13.9. The first kappa shape index (κ1) is 41.6. The van der Waals surface area contributed by atoms with E-state index < -0.39 is 6.29 Å². The summed E-state index contributed by atoms with van der Waals surface area (Å²) in [5, 5.41) is 19.7. The van der Waals surface area contributed by atoms with Gasteiger partial charge in [-0.05, 0) is 143 Å². The molecule has 7 atom stereocenters. The van der Waals surface area contributed by atoms with Crippen molar-refractivity contribution in [2.45, 2.75) is 160 Å². The SMILES string of the molecule is C[C@H]1[C@@H](CN2[C@@H](C(=O)NC(C)(C)C)CC[C@H]3CCCC[C@H]32)O[C@@H](c2ccc(-c3cccc(CNC(=O)NC45CC6CC(CC(C6)C4)C5)c3)cc2)O[C@H]1c1ccc(CO)cc1. The molecule has 5 saturated carbocycles. The molecule has 4 bridgehead atoms. The standard InChI is InChI=1S/C51H68N4O5/c1-32-45(30-55-43-11-6-5-9-39(43)20-21-44(55)47(57)53-50(2,3)4)59-48(60-46(32)40-14-12-33(31-56)13-15-40)41-18-16-38(17-19-41)42-10-7-8-34(25-42)29-52-49(58)54-51-26-35-22-36(27-51)24-37(23-35)28-51/h7-8,10,12-19,25,32,35-37,39,43-46,48,56H,5-6,9,11,20-24,26-31H2,1-4H3,(H,53,57)(H2,52,54,58)/t32-,35?,36?,37?,39+,43+,44+,45+,46+,48+,51?/m0/s1. The Hall–Kier alpha value is -3.76. The van der Waals surface area contributed by atoms with Gasteiger partial charge in [0.15, 0.2) is 6.29 Å². The largest absolute Gasteiger partial charge is 0.392 e. The van der Waals surface area contributed by atoms with Crippen molar-refractivity contribution < 1.29 is 24.2 Å². The lowest BCUT2D eigenvalue weighted by Crippen LogP contribution is -2.61. The van der Waals surface area contributed by atoms with Gasteiger partial charge in [-0.2, -0.15) is 0 Å². The summed E-state index contributed by atoms with van der Waals surface area (Å²) in [5.74, 6) is 3.11. The molecule has 7 aliphatic rings.